The van der Waals surface area contributed by atoms with Crippen LogP contribution < -0.4 is 5.32 Å². The number of nitrogens with one attached hydrogen (secondary N) is 1. The summed E-state index contributed by atoms with van der Waals surface area (Å²) in [5, 5.41) is 3.42. The summed E-state index contributed by atoms with van der Waals surface area (Å²) in [6, 6.07) is 6.16. The number of halogens is 1. The molecule has 1 amide bonds. The Morgan fingerprint density at radius 1 is 1.43 bits per heavy atom. The summed E-state index contributed by atoms with van der Waals surface area (Å²) in [5.74, 6) is 0.0342. The molecule has 0 radical (unpaired) electrons. The molecule has 1 aromatic carbocycles. The molecule has 1 aromatic rings. The van der Waals surface area contributed by atoms with Gasteiger partial charge in [0.05, 0.1) is 12.6 Å². The van der Waals surface area contributed by atoms with E-state index >= 15 is 0 Å². The third-order valence-corrected chi connectivity index (χ3v) is 6.25. The zero-order chi connectivity index (χ0) is 17.0. The minimum Gasteiger partial charge on any atom is -0.450 e. The number of rotatable bonds is 6. The van der Waals surface area contributed by atoms with Crippen molar-refractivity contribution in [1.29, 1.82) is 0 Å². The lowest BCUT2D eigenvalue weighted by Gasteiger charge is -2.20. The lowest BCUT2D eigenvalue weighted by atomic mass is 9.98. The van der Waals surface area contributed by atoms with Gasteiger partial charge in [0, 0.05) is 13.1 Å². The van der Waals surface area contributed by atoms with Gasteiger partial charge in [-0.05, 0) is 42.0 Å². The molecule has 6 heteroatoms. The van der Waals surface area contributed by atoms with Crippen LogP contribution in [0.5, 0.6) is 0 Å². The predicted octanol–water partition coefficient (Wildman–Crippen LogP) is 3.69. The number of hydrogen-bond acceptors (Lipinski definition) is 3. The highest BCUT2D eigenvalue weighted by molar-refractivity contribution is 6.76. The van der Waals surface area contributed by atoms with Crippen LogP contribution in [0.25, 0.3) is 0 Å². The highest BCUT2D eigenvalue weighted by atomic mass is 35.5. The molecule has 23 heavy (non-hydrogen) atoms. The molecule has 0 aliphatic heterocycles. The molecule has 2 unspecified atom stereocenters. The van der Waals surface area contributed by atoms with Gasteiger partial charge in [-0.15, -0.1) is 0 Å². The summed E-state index contributed by atoms with van der Waals surface area (Å²) in [4.78, 5) is 23.3. The molecule has 126 valence electrons. The van der Waals surface area contributed by atoms with E-state index in [2.05, 4.69) is 25.0 Å². The summed E-state index contributed by atoms with van der Waals surface area (Å²) >= 11 is 6.20. The summed E-state index contributed by atoms with van der Waals surface area (Å²) < 4.78 is 5.21. The van der Waals surface area contributed by atoms with Crippen molar-refractivity contribution < 1.29 is 14.3 Å². The van der Waals surface area contributed by atoms with E-state index in [1.54, 1.807) is 0 Å². The van der Waals surface area contributed by atoms with Crippen molar-refractivity contribution >= 4 is 32.1 Å². The van der Waals surface area contributed by atoms with Crippen molar-refractivity contribution in [3.05, 3.63) is 34.3 Å². The third kappa shape index (κ3) is 5.08. The van der Waals surface area contributed by atoms with Crippen LogP contribution in [0.2, 0.25) is 30.7 Å². The Morgan fingerprint density at radius 2 is 2.17 bits per heavy atom. The van der Waals surface area contributed by atoms with Gasteiger partial charge in [-0.1, -0.05) is 43.4 Å². The summed E-state index contributed by atoms with van der Waals surface area (Å²) in [6.45, 7) is 7.08. The molecule has 0 heterocycles. The largest absolute Gasteiger partial charge is 0.450 e. The first-order valence-electron chi connectivity index (χ1n) is 7.95. The van der Waals surface area contributed by atoms with E-state index in [1.807, 2.05) is 18.2 Å². The average molecular weight is 354 g/mol. The molecule has 0 saturated heterocycles. The Hall–Kier alpha value is -1.33. The number of carbonyl (C=O) groups is 2. The molecule has 0 aromatic heterocycles. The minimum atomic E-state index is -1.24. The Labute approximate surface area is 143 Å². The van der Waals surface area contributed by atoms with Gasteiger partial charge in [0.2, 0.25) is 0 Å². The number of benzene rings is 1. The Morgan fingerprint density at radius 3 is 2.78 bits per heavy atom. The maximum absolute atomic E-state index is 11.9. The Kier molecular flexibility index (Phi) is 5.87. The fraction of sp³-hybridized carbons (Fsp3) is 0.529. The van der Waals surface area contributed by atoms with E-state index < -0.39 is 20.2 Å². The number of carbonyl (C=O) groups excluding carboxylic acids is 2. The van der Waals surface area contributed by atoms with E-state index in [4.69, 9.17) is 16.3 Å². The summed E-state index contributed by atoms with van der Waals surface area (Å²) in [7, 11) is -1.24. The number of fused-ring (bicyclic) bond motifs is 1. The van der Waals surface area contributed by atoms with Crippen molar-refractivity contribution in [2.75, 3.05) is 6.61 Å². The van der Waals surface area contributed by atoms with Gasteiger partial charge in [-0.2, -0.15) is 0 Å². The SMILES string of the molecule is C[Si](C)(C)CCOC(=O)NC(C=O)C1Cc2cccc(Cl)c2C1. The van der Waals surface area contributed by atoms with Gasteiger partial charge in [0.15, 0.2) is 0 Å². The molecule has 0 saturated carbocycles. The van der Waals surface area contributed by atoms with E-state index in [1.165, 1.54) is 0 Å². The molecule has 1 N–H and O–H groups in total. The van der Waals surface area contributed by atoms with E-state index in [0.29, 0.717) is 13.0 Å². The quantitative estimate of drug-likeness (QED) is 0.626. The van der Waals surface area contributed by atoms with Crippen molar-refractivity contribution in [2.45, 2.75) is 44.6 Å². The van der Waals surface area contributed by atoms with Crippen molar-refractivity contribution in [1.82, 2.24) is 5.32 Å². The average Bonchev–Trinajstić information content (AvgIpc) is 2.88. The topological polar surface area (TPSA) is 55.4 Å². The van der Waals surface area contributed by atoms with Gasteiger partial charge in [0.25, 0.3) is 0 Å². The first kappa shape index (κ1) is 18.0. The second-order valence-corrected chi connectivity index (χ2v) is 13.3. The monoisotopic (exact) mass is 353 g/mol. The molecule has 0 bridgehead atoms. The highest BCUT2D eigenvalue weighted by Gasteiger charge is 2.31. The predicted molar refractivity (Wildman–Crippen MR) is 94.8 cm³/mol. The normalized spacial score (nSPS) is 18.2. The number of hydrogen-bond donors (Lipinski definition) is 1. The second-order valence-electron chi connectivity index (χ2n) is 7.30. The summed E-state index contributed by atoms with van der Waals surface area (Å²) in [5.41, 5.74) is 2.24. The van der Waals surface area contributed by atoms with Crippen LogP contribution in [0.15, 0.2) is 18.2 Å². The number of aldehydes is 1. The molecule has 2 rings (SSSR count). The molecule has 4 nitrogen and oxygen atoms in total. The minimum absolute atomic E-state index is 0.0342. The van der Waals surface area contributed by atoms with Gasteiger partial charge < -0.3 is 14.8 Å². The number of amides is 1. The van der Waals surface area contributed by atoms with Crippen LogP contribution in [-0.4, -0.2) is 33.1 Å². The molecule has 2 atom stereocenters. The zero-order valence-electron chi connectivity index (χ0n) is 13.9. The highest BCUT2D eigenvalue weighted by Crippen LogP contribution is 2.33. The fourth-order valence-electron chi connectivity index (χ4n) is 2.78. The molecule has 0 fully saturated rings. The van der Waals surface area contributed by atoms with Crippen LogP contribution >= 0.6 is 11.6 Å². The number of ether oxygens (including phenoxy) is 1. The first-order valence-corrected chi connectivity index (χ1v) is 12.0. The smallest absolute Gasteiger partial charge is 0.407 e. The third-order valence-electron chi connectivity index (χ3n) is 4.19. The van der Waals surface area contributed by atoms with E-state index in [-0.39, 0.29) is 5.92 Å². The number of alkyl carbamates (subject to hydrolysis) is 1. The fourth-order valence-corrected chi connectivity index (χ4v) is 3.77. The van der Waals surface area contributed by atoms with Crippen LogP contribution in [0.4, 0.5) is 4.79 Å². The summed E-state index contributed by atoms with van der Waals surface area (Å²) in [6.07, 6.45) is 1.73. The Bertz CT molecular complexity index is 586. The van der Waals surface area contributed by atoms with Crippen LogP contribution in [0.1, 0.15) is 11.1 Å². The lowest BCUT2D eigenvalue weighted by molar-refractivity contribution is -0.110. The van der Waals surface area contributed by atoms with Gasteiger partial charge >= 0.3 is 6.09 Å². The first-order chi connectivity index (χ1) is 10.8. The van der Waals surface area contributed by atoms with Crippen molar-refractivity contribution in [2.24, 2.45) is 5.92 Å². The maximum Gasteiger partial charge on any atom is 0.407 e. The van der Waals surface area contributed by atoms with Gasteiger partial charge in [0.1, 0.15) is 6.29 Å². The van der Waals surface area contributed by atoms with Crippen LogP contribution in [0, 0.1) is 5.92 Å². The second kappa shape index (κ2) is 7.49. The molecule has 1 aliphatic carbocycles. The van der Waals surface area contributed by atoms with Crippen molar-refractivity contribution in [3.63, 3.8) is 0 Å². The molecular weight excluding hydrogens is 330 g/mol. The Balaban J connectivity index is 1.88. The van der Waals surface area contributed by atoms with E-state index in [9.17, 15) is 9.59 Å². The van der Waals surface area contributed by atoms with Gasteiger partial charge in [-0.25, -0.2) is 4.79 Å². The molecule has 0 spiro atoms. The van der Waals surface area contributed by atoms with Crippen LogP contribution in [-0.2, 0) is 22.4 Å². The zero-order valence-corrected chi connectivity index (χ0v) is 15.7. The van der Waals surface area contributed by atoms with E-state index in [0.717, 1.165) is 34.9 Å². The maximum atomic E-state index is 11.9. The molecular formula is C17H24ClNO3Si. The van der Waals surface area contributed by atoms with Crippen molar-refractivity contribution in [3.8, 4) is 0 Å². The lowest BCUT2D eigenvalue weighted by Crippen LogP contribution is -2.42. The van der Waals surface area contributed by atoms with Gasteiger partial charge in [-0.3, -0.25) is 0 Å². The van der Waals surface area contributed by atoms with Crippen LogP contribution in [0.3, 0.4) is 0 Å². The standard InChI is InChI=1S/C17H24ClNO3Si/c1-23(2,3)8-7-22-17(21)19-16(11-20)13-9-12-5-4-6-15(18)14(12)10-13/h4-6,11,13,16H,7-10H2,1-3H3,(H,19,21). The molecule has 1 aliphatic rings.